The lowest BCUT2D eigenvalue weighted by atomic mass is 9.84. The molecule has 2 aromatic carbocycles. The standard InChI is InChI=1S/C26H35NO3/c1-15(2)19-9-12-22(23(13-19)25(27)28)18(6)8-7-17(5)20-10-11-21(16(3)4)24(14-20)26(29)30/h9-18H,7-8H2,1-6H3,(H2,27,28)(H,29,30). The van der Waals surface area contributed by atoms with Crippen LogP contribution >= 0.6 is 0 Å². The van der Waals surface area contributed by atoms with Crippen molar-refractivity contribution in [2.24, 2.45) is 5.73 Å². The van der Waals surface area contributed by atoms with E-state index in [1.165, 1.54) is 0 Å². The van der Waals surface area contributed by atoms with E-state index in [1.807, 2.05) is 44.2 Å². The largest absolute Gasteiger partial charge is 0.478 e. The van der Waals surface area contributed by atoms with Gasteiger partial charge in [0.1, 0.15) is 0 Å². The lowest BCUT2D eigenvalue weighted by molar-refractivity contribution is 0.0695. The Morgan fingerprint density at radius 3 is 1.83 bits per heavy atom. The maximum atomic E-state index is 12.0. The summed E-state index contributed by atoms with van der Waals surface area (Å²) in [6, 6.07) is 11.8. The van der Waals surface area contributed by atoms with Gasteiger partial charge in [0.25, 0.3) is 0 Å². The van der Waals surface area contributed by atoms with Gasteiger partial charge in [-0.15, -0.1) is 0 Å². The SMILES string of the molecule is CC(C)c1ccc(C(C)CCC(C)c2ccc(C(C)C)c(C(=O)O)c2)c(C(N)=O)c1. The number of benzene rings is 2. The lowest BCUT2D eigenvalue weighted by Crippen LogP contribution is -2.16. The zero-order chi connectivity index (χ0) is 22.6. The fourth-order valence-corrected chi connectivity index (χ4v) is 3.97. The first kappa shape index (κ1) is 23.7. The smallest absolute Gasteiger partial charge is 0.335 e. The molecular formula is C26H35NO3. The van der Waals surface area contributed by atoms with Crippen molar-refractivity contribution in [1.82, 2.24) is 0 Å². The summed E-state index contributed by atoms with van der Waals surface area (Å²) in [5, 5.41) is 9.59. The molecule has 3 N–H and O–H groups in total. The van der Waals surface area contributed by atoms with Crippen LogP contribution in [0.25, 0.3) is 0 Å². The van der Waals surface area contributed by atoms with Gasteiger partial charge < -0.3 is 10.8 Å². The number of carboxylic acids is 1. The van der Waals surface area contributed by atoms with Gasteiger partial charge in [0.15, 0.2) is 0 Å². The predicted molar refractivity (Wildman–Crippen MR) is 123 cm³/mol. The molecule has 2 unspecified atom stereocenters. The molecule has 0 heterocycles. The number of aromatic carboxylic acids is 1. The van der Waals surface area contributed by atoms with E-state index in [1.54, 1.807) is 0 Å². The summed E-state index contributed by atoms with van der Waals surface area (Å²) in [5.74, 6) is -0.352. The fraction of sp³-hybridized carbons (Fsp3) is 0.462. The molecule has 4 nitrogen and oxygen atoms in total. The number of hydrogen-bond donors (Lipinski definition) is 2. The number of hydrogen-bond acceptors (Lipinski definition) is 2. The normalized spacial score (nSPS) is 13.5. The number of carboxylic acid groups (broad SMARTS) is 1. The summed E-state index contributed by atoms with van der Waals surface area (Å²) < 4.78 is 0. The summed E-state index contributed by atoms with van der Waals surface area (Å²) in [6.07, 6.45) is 1.78. The Morgan fingerprint density at radius 2 is 1.30 bits per heavy atom. The van der Waals surface area contributed by atoms with Gasteiger partial charge in [-0.25, -0.2) is 4.79 Å². The van der Waals surface area contributed by atoms with Crippen LogP contribution in [0, 0.1) is 0 Å². The molecule has 0 aliphatic carbocycles. The van der Waals surface area contributed by atoms with Crippen LogP contribution in [0.2, 0.25) is 0 Å². The van der Waals surface area contributed by atoms with Gasteiger partial charge in [0, 0.05) is 5.56 Å². The molecule has 1 amide bonds. The molecule has 0 bridgehead atoms. The maximum Gasteiger partial charge on any atom is 0.335 e. The molecule has 30 heavy (non-hydrogen) atoms. The molecule has 0 fully saturated rings. The molecule has 0 aliphatic heterocycles. The first-order chi connectivity index (χ1) is 14.0. The number of primary amides is 1. The van der Waals surface area contributed by atoms with Crippen LogP contribution in [0.1, 0.15) is 121 Å². The third kappa shape index (κ3) is 5.50. The lowest BCUT2D eigenvalue weighted by Gasteiger charge is -2.20. The molecule has 4 heteroatoms. The van der Waals surface area contributed by atoms with Crippen LogP contribution < -0.4 is 5.73 Å². The summed E-state index contributed by atoms with van der Waals surface area (Å²) in [4.78, 5) is 23.7. The minimum atomic E-state index is -0.877. The number of carbonyl (C=O) groups is 2. The minimum absolute atomic E-state index is 0.168. The number of nitrogens with two attached hydrogens (primary N) is 1. The second-order valence-electron chi connectivity index (χ2n) is 9.05. The topological polar surface area (TPSA) is 80.4 Å². The molecular weight excluding hydrogens is 374 g/mol. The summed E-state index contributed by atoms with van der Waals surface area (Å²) in [6.45, 7) is 12.5. The molecule has 162 valence electrons. The number of rotatable bonds is 9. The fourth-order valence-electron chi connectivity index (χ4n) is 3.97. The molecule has 0 aliphatic rings. The molecule has 2 rings (SSSR count). The van der Waals surface area contributed by atoms with Gasteiger partial charge in [0.05, 0.1) is 5.56 Å². The molecule has 2 aromatic rings. The summed E-state index contributed by atoms with van der Waals surface area (Å²) >= 11 is 0. The Bertz CT molecular complexity index is 914. The third-order valence-corrected chi connectivity index (χ3v) is 6.07. The highest BCUT2D eigenvalue weighted by molar-refractivity contribution is 5.94. The van der Waals surface area contributed by atoms with Crippen LogP contribution in [0.5, 0.6) is 0 Å². The van der Waals surface area contributed by atoms with Crippen molar-refractivity contribution in [2.45, 2.75) is 78.1 Å². The third-order valence-electron chi connectivity index (χ3n) is 6.07. The van der Waals surface area contributed by atoms with Gasteiger partial charge in [-0.3, -0.25) is 4.79 Å². The minimum Gasteiger partial charge on any atom is -0.478 e. The Kier molecular flexibility index (Phi) is 7.83. The molecule has 0 saturated heterocycles. The first-order valence-corrected chi connectivity index (χ1v) is 10.8. The van der Waals surface area contributed by atoms with Crippen molar-refractivity contribution in [2.75, 3.05) is 0 Å². The van der Waals surface area contributed by atoms with Crippen LogP contribution in [0.4, 0.5) is 0 Å². The van der Waals surface area contributed by atoms with Crippen molar-refractivity contribution in [3.63, 3.8) is 0 Å². The zero-order valence-corrected chi connectivity index (χ0v) is 19.0. The Hall–Kier alpha value is -2.62. The maximum absolute atomic E-state index is 12.0. The Balaban J connectivity index is 2.18. The van der Waals surface area contributed by atoms with E-state index < -0.39 is 5.97 Å². The van der Waals surface area contributed by atoms with Gasteiger partial charge in [-0.2, -0.15) is 0 Å². The zero-order valence-electron chi connectivity index (χ0n) is 19.0. The van der Waals surface area contributed by atoms with Crippen molar-refractivity contribution in [3.05, 3.63) is 69.8 Å². The second-order valence-corrected chi connectivity index (χ2v) is 9.05. The Morgan fingerprint density at radius 1 is 0.767 bits per heavy atom. The first-order valence-electron chi connectivity index (χ1n) is 10.8. The highest BCUT2D eigenvalue weighted by Crippen LogP contribution is 2.32. The van der Waals surface area contributed by atoms with E-state index in [0.717, 1.165) is 35.1 Å². The summed E-state index contributed by atoms with van der Waals surface area (Å²) in [5.41, 5.74) is 10.7. The molecule has 0 spiro atoms. The van der Waals surface area contributed by atoms with Crippen LogP contribution in [0.3, 0.4) is 0 Å². The van der Waals surface area contributed by atoms with E-state index in [4.69, 9.17) is 5.73 Å². The van der Waals surface area contributed by atoms with Gasteiger partial charge in [-0.05, 0) is 70.9 Å². The van der Waals surface area contributed by atoms with Crippen molar-refractivity contribution in [3.8, 4) is 0 Å². The van der Waals surface area contributed by atoms with Crippen molar-refractivity contribution < 1.29 is 14.7 Å². The molecule has 0 saturated carbocycles. The highest BCUT2D eigenvalue weighted by Gasteiger charge is 2.19. The van der Waals surface area contributed by atoms with Gasteiger partial charge in [-0.1, -0.05) is 65.8 Å². The van der Waals surface area contributed by atoms with Crippen molar-refractivity contribution >= 4 is 11.9 Å². The second kappa shape index (κ2) is 9.92. The number of amides is 1. The van der Waals surface area contributed by atoms with Crippen LogP contribution in [-0.2, 0) is 0 Å². The van der Waals surface area contributed by atoms with E-state index in [9.17, 15) is 14.7 Å². The predicted octanol–water partition coefficient (Wildman–Crippen LogP) is 6.42. The molecule has 2 atom stereocenters. The quantitative estimate of drug-likeness (QED) is 0.501. The monoisotopic (exact) mass is 409 g/mol. The molecule has 0 radical (unpaired) electrons. The average Bonchev–Trinajstić information content (AvgIpc) is 2.70. The van der Waals surface area contributed by atoms with Crippen molar-refractivity contribution in [1.29, 1.82) is 0 Å². The van der Waals surface area contributed by atoms with Crippen LogP contribution in [-0.4, -0.2) is 17.0 Å². The van der Waals surface area contributed by atoms with E-state index in [0.29, 0.717) is 17.0 Å². The summed E-state index contributed by atoms with van der Waals surface area (Å²) in [7, 11) is 0. The van der Waals surface area contributed by atoms with E-state index >= 15 is 0 Å². The van der Waals surface area contributed by atoms with E-state index in [-0.39, 0.29) is 23.7 Å². The Labute approximate surface area is 180 Å². The average molecular weight is 410 g/mol. The van der Waals surface area contributed by atoms with Gasteiger partial charge in [0.2, 0.25) is 5.91 Å². The van der Waals surface area contributed by atoms with E-state index in [2.05, 4.69) is 33.8 Å². The highest BCUT2D eigenvalue weighted by atomic mass is 16.4. The molecule has 0 aromatic heterocycles. The van der Waals surface area contributed by atoms with Gasteiger partial charge >= 0.3 is 5.97 Å². The number of carbonyl (C=O) groups excluding carboxylic acids is 1. The van der Waals surface area contributed by atoms with Crippen LogP contribution in [0.15, 0.2) is 36.4 Å².